The fourth-order valence-electron chi connectivity index (χ4n) is 4.00. The number of benzene rings is 2. The number of rotatable bonds is 10. The Kier molecular flexibility index (Phi) is 10.5. The Labute approximate surface area is 177 Å². The summed E-state index contributed by atoms with van der Waals surface area (Å²) < 4.78 is 6.58. The average molecular weight is 402 g/mol. The van der Waals surface area contributed by atoms with Crippen LogP contribution in [0.5, 0.6) is 5.75 Å². The van der Waals surface area contributed by atoms with Crippen LogP contribution in [0.15, 0.2) is 54.6 Å². The molecule has 0 spiro atoms. The minimum Gasteiger partial charge on any atom is -0.475 e. The average Bonchev–Trinajstić information content (AvgIpc) is 2.71. The van der Waals surface area contributed by atoms with E-state index in [4.69, 9.17) is 4.74 Å². The third-order valence-corrected chi connectivity index (χ3v) is 5.58. The van der Waals surface area contributed by atoms with Crippen molar-refractivity contribution < 1.29 is 4.74 Å². The molecule has 1 atom stereocenters. The molecule has 1 fully saturated rings. The second-order valence-electron chi connectivity index (χ2n) is 7.79. The van der Waals surface area contributed by atoms with E-state index < -0.39 is 0 Å². The number of ether oxygens (including phenoxy) is 1. The second-order valence-corrected chi connectivity index (χ2v) is 7.79. The molecule has 3 heteroatoms. The molecular weight excluding hydrogens is 366 g/mol. The van der Waals surface area contributed by atoms with Gasteiger partial charge in [0.15, 0.2) is 6.23 Å². The highest BCUT2D eigenvalue weighted by molar-refractivity contribution is 5.85. The van der Waals surface area contributed by atoms with Gasteiger partial charge in [-0.15, -0.1) is 12.4 Å². The first-order chi connectivity index (χ1) is 13.4. The van der Waals surface area contributed by atoms with Crippen LogP contribution in [0.25, 0.3) is 0 Å². The summed E-state index contributed by atoms with van der Waals surface area (Å²) in [5.74, 6) is 1.06. The van der Waals surface area contributed by atoms with Gasteiger partial charge in [0.25, 0.3) is 0 Å². The summed E-state index contributed by atoms with van der Waals surface area (Å²) in [6.07, 6.45) is 11.6. The van der Waals surface area contributed by atoms with Crippen molar-refractivity contribution in [3.8, 4) is 5.75 Å². The maximum absolute atomic E-state index is 6.58. The molecular formula is C25H36ClNO. The third kappa shape index (κ3) is 7.14. The molecule has 2 nitrogen and oxygen atoms in total. The fourth-order valence-corrected chi connectivity index (χ4v) is 4.00. The Morgan fingerprint density at radius 2 is 1.64 bits per heavy atom. The van der Waals surface area contributed by atoms with Crippen LogP contribution < -0.4 is 4.74 Å². The van der Waals surface area contributed by atoms with E-state index >= 15 is 0 Å². The maximum atomic E-state index is 6.58. The fraction of sp³-hybridized carbons (Fsp3) is 0.520. The van der Waals surface area contributed by atoms with Gasteiger partial charge < -0.3 is 4.74 Å². The number of nitrogens with zero attached hydrogens (tertiary/aromatic N) is 1. The minimum absolute atomic E-state index is 0. The molecule has 1 aliphatic rings. The van der Waals surface area contributed by atoms with E-state index in [-0.39, 0.29) is 18.6 Å². The molecule has 3 rings (SSSR count). The lowest BCUT2D eigenvalue weighted by Crippen LogP contribution is -2.43. The van der Waals surface area contributed by atoms with Crippen molar-refractivity contribution in [1.29, 1.82) is 0 Å². The molecule has 0 bridgehead atoms. The zero-order chi connectivity index (χ0) is 18.7. The number of unbranched alkanes of at least 4 members (excludes halogenated alkanes) is 4. The van der Waals surface area contributed by atoms with Gasteiger partial charge in [-0.1, -0.05) is 81.1 Å². The largest absolute Gasteiger partial charge is 0.475 e. The lowest BCUT2D eigenvalue weighted by molar-refractivity contribution is -0.00526. The molecule has 154 valence electrons. The van der Waals surface area contributed by atoms with Crippen LogP contribution in [0.3, 0.4) is 0 Å². The highest BCUT2D eigenvalue weighted by Crippen LogP contribution is 2.27. The second kappa shape index (κ2) is 12.9. The number of halogens is 1. The van der Waals surface area contributed by atoms with Crippen LogP contribution in [0.4, 0.5) is 0 Å². The highest BCUT2D eigenvalue weighted by Gasteiger charge is 2.24. The van der Waals surface area contributed by atoms with Gasteiger partial charge >= 0.3 is 0 Å². The Morgan fingerprint density at radius 1 is 0.893 bits per heavy atom. The Morgan fingerprint density at radius 3 is 2.46 bits per heavy atom. The van der Waals surface area contributed by atoms with Crippen molar-refractivity contribution >= 4 is 12.4 Å². The van der Waals surface area contributed by atoms with Crippen LogP contribution in [0.2, 0.25) is 0 Å². The van der Waals surface area contributed by atoms with E-state index in [0.29, 0.717) is 0 Å². The maximum Gasteiger partial charge on any atom is 0.152 e. The molecule has 0 amide bonds. The molecule has 28 heavy (non-hydrogen) atoms. The SMILES string of the molecule is CCCCCCCN1CCCCC1Oc1ccccc1Cc1ccccc1.Cl. The van der Waals surface area contributed by atoms with Gasteiger partial charge in [0, 0.05) is 19.5 Å². The summed E-state index contributed by atoms with van der Waals surface area (Å²) in [5, 5.41) is 0. The first-order valence-corrected chi connectivity index (χ1v) is 10.9. The number of likely N-dealkylation sites (tertiary alicyclic amines) is 1. The molecule has 0 aromatic heterocycles. The molecule has 2 aromatic rings. The zero-order valence-electron chi connectivity index (χ0n) is 17.3. The minimum atomic E-state index is 0. The molecule has 1 unspecified atom stereocenters. The van der Waals surface area contributed by atoms with Crippen molar-refractivity contribution in [2.24, 2.45) is 0 Å². The molecule has 2 aromatic carbocycles. The number of piperidine rings is 1. The van der Waals surface area contributed by atoms with E-state index in [1.165, 1.54) is 69.2 Å². The van der Waals surface area contributed by atoms with E-state index in [1.54, 1.807) is 0 Å². The lowest BCUT2D eigenvalue weighted by atomic mass is 10.0. The Bertz CT molecular complexity index is 661. The normalized spacial score (nSPS) is 17.1. The van der Waals surface area contributed by atoms with E-state index in [1.807, 2.05) is 0 Å². The van der Waals surface area contributed by atoms with Crippen molar-refractivity contribution in [1.82, 2.24) is 4.90 Å². The van der Waals surface area contributed by atoms with E-state index in [2.05, 4.69) is 66.4 Å². The van der Waals surface area contributed by atoms with Gasteiger partial charge in [-0.25, -0.2) is 0 Å². The summed E-state index contributed by atoms with van der Waals surface area (Å²) >= 11 is 0. The highest BCUT2D eigenvalue weighted by atomic mass is 35.5. The van der Waals surface area contributed by atoms with E-state index in [0.717, 1.165) is 18.6 Å². The standard InChI is InChI=1S/C25H35NO.ClH/c1-2-3-4-5-12-19-26-20-13-11-18-25(26)27-24-17-10-9-16-23(24)21-22-14-7-6-8-15-22;/h6-10,14-17,25H,2-5,11-13,18-21H2,1H3;1H. The van der Waals surface area contributed by atoms with E-state index in [9.17, 15) is 0 Å². The van der Waals surface area contributed by atoms with Crippen molar-refractivity contribution in [2.75, 3.05) is 13.1 Å². The number of hydrogen-bond acceptors (Lipinski definition) is 2. The topological polar surface area (TPSA) is 12.5 Å². The summed E-state index contributed by atoms with van der Waals surface area (Å²) in [5.41, 5.74) is 2.63. The smallest absolute Gasteiger partial charge is 0.152 e. The molecule has 0 aliphatic carbocycles. The summed E-state index contributed by atoms with van der Waals surface area (Å²) in [4.78, 5) is 2.58. The molecule has 1 aliphatic heterocycles. The van der Waals surface area contributed by atoms with Gasteiger partial charge in [-0.2, -0.15) is 0 Å². The summed E-state index contributed by atoms with van der Waals surface area (Å²) in [7, 11) is 0. The van der Waals surface area contributed by atoms with Gasteiger partial charge in [-0.3, -0.25) is 4.90 Å². The molecule has 0 radical (unpaired) electrons. The number of hydrogen-bond donors (Lipinski definition) is 0. The monoisotopic (exact) mass is 401 g/mol. The quantitative estimate of drug-likeness (QED) is 0.403. The van der Waals surface area contributed by atoms with Gasteiger partial charge in [0.2, 0.25) is 0 Å². The molecule has 1 saturated heterocycles. The van der Waals surface area contributed by atoms with Crippen molar-refractivity contribution in [2.45, 2.75) is 70.9 Å². The summed E-state index contributed by atoms with van der Waals surface area (Å²) in [6.45, 7) is 4.63. The van der Waals surface area contributed by atoms with Crippen LogP contribution in [-0.2, 0) is 6.42 Å². The molecule has 0 saturated carbocycles. The molecule has 0 N–H and O–H groups in total. The predicted molar refractivity (Wildman–Crippen MR) is 122 cm³/mol. The van der Waals surface area contributed by atoms with Crippen LogP contribution in [0.1, 0.15) is 69.4 Å². The predicted octanol–water partition coefficient (Wildman–Crippen LogP) is 6.86. The summed E-state index contributed by atoms with van der Waals surface area (Å²) in [6, 6.07) is 19.3. The first-order valence-electron chi connectivity index (χ1n) is 10.9. The molecule has 1 heterocycles. The number of para-hydroxylation sites is 1. The van der Waals surface area contributed by atoms with Gasteiger partial charge in [0.05, 0.1) is 0 Å². The van der Waals surface area contributed by atoms with Gasteiger partial charge in [-0.05, 0) is 42.9 Å². The first kappa shape index (κ1) is 22.8. The van der Waals surface area contributed by atoms with Crippen molar-refractivity contribution in [3.63, 3.8) is 0 Å². The van der Waals surface area contributed by atoms with Crippen molar-refractivity contribution in [3.05, 3.63) is 65.7 Å². The van der Waals surface area contributed by atoms with Crippen LogP contribution in [-0.4, -0.2) is 24.2 Å². The van der Waals surface area contributed by atoms with Crippen LogP contribution in [0, 0.1) is 0 Å². The lowest BCUT2D eigenvalue weighted by Gasteiger charge is -2.36. The third-order valence-electron chi connectivity index (χ3n) is 5.58. The zero-order valence-corrected chi connectivity index (χ0v) is 18.1. The Balaban J connectivity index is 0.00000280. The van der Waals surface area contributed by atoms with Crippen LogP contribution >= 0.6 is 12.4 Å². The Hall–Kier alpha value is -1.51. The van der Waals surface area contributed by atoms with Gasteiger partial charge in [0.1, 0.15) is 5.75 Å².